The number of hydrogen-bond acceptors (Lipinski definition) is 6. The Bertz CT molecular complexity index is 844. The average molecular weight is 392 g/mol. The fourth-order valence-electron chi connectivity index (χ4n) is 2.17. The van der Waals surface area contributed by atoms with Gasteiger partial charge in [0.05, 0.1) is 12.1 Å². The number of methoxy groups -OCH3 is 1. The van der Waals surface area contributed by atoms with Crippen LogP contribution >= 0.6 is 34.7 Å². The first-order chi connectivity index (χ1) is 12.2. The van der Waals surface area contributed by atoms with Crippen LogP contribution < -0.4 is 10.1 Å². The van der Waals surface area contributed by atoms with Crippen molar-refractivity contribution in [2.75, 3.05) is 12.4 Å². The summed E-state index contributed by atoms with van der Waals surface area (Å²) in [5.41, 5.74) is 3.14. The third kappa shape index (κ3) is 4.50. The number of hydrogen-bond donors (Lipinski definition) is 1. The van der Waals surface area contributed by atoms with Crippen molar-refractivity contribution < 1.29 is 9.53 Å². The maximum atomic E-state index is 12.9. The van der Waals surface area contributed by atoms with Crippen LogP contribution in [0.25, 0.3) is 0 Å². The minimum atomic E-state index is -0.449. The zero-order valence-electron chi connectivity index (χ0n) is 13.2. The van der Waals surface area contributed by atoms with Crippen LogP contribution in [-0.4, -0.2) is 23.2 Å². The van der Waals surface area contributed by atoms with Crippen molar-refractivity contribution in [3.8, 4) is 5.75 Å². The number of halogens is 1. The van der Waals surface area contributed by atoms with Gasteiger partial charge in [0.25, 0.3) is 0 Å². The van der Waals surface area contributed by atoms with Crippen molar-refractivity contribution in [2.24, 2.45) is 0 Å². The number of carbonyl (C=O) groups excluding carboxylic acids is 1. The van der Waals surface area contributed by atoms with E-state index in [0.717, 1.165) is 9.90 Å². The summed E-state index contributed by atoms with van der Waals surface area (Å²) in [6, 6.07) is 14.7. The highest BCUT2D eigenvalue weighted by molar-refractivity contribution is 8.01. The topological polar surface area (TPSA) is 64.1 Å². The van der Waals surface area contributed by atoms with E-state index in [2.05, 4.69) is 15.5 Å². The van der Waals surface area contributed by atoms with Gasteiger partial charge in [-0.3, -0.25) is 4.79 Å². The molecule has 1 amide bonds. The maximum Gasteiger partial charge on any atom is 0.242 e. The van der Waals surface area contributed by atoms with Crippen molar-refractivity contribution in [1.29, 1.82) is 0 Å². The van der Waals surface area contributed by atoms with Crippen molar-refractivity contribution in [2.45, 2.75) is 9.59 Å². The van der Waals surface area contributed by atoms with Crippen LogP contribution in [-0.2, 0) is 4.79 Å². The molecule has 8 heteroatoms. The van der Waals surface area contributed by atoms with E-state index < -0.39 is 5.25 Å². The van der Waals surface area contributed by atoms with E-state index in [4.69, 9.17) is 16.3 Å². The number of amides is 1. The summed E-state index contributed by atoms with van der Waals surface area (Å²) >= 11 is 8.89. The number of ether oxygens (including phenoxy) is 1. The highest BCUT2D eigenvalue weighted by Gasteiger charge is 2.23. The maximum absolute atomic E-state index is 12.9. The third-order valence-corrected chi connectivity index (χ3v) is 5.68. The van der Waals surface area contributed by atoms with E-state index in [1.165, 1.54) is 23.1 Å². The van der Waals surface area contributed by atoms with Crippen molar-refractivity contribution in [3.63, 3.8) is 0 Å². The largest absolute Gasteiger partial charge is 0.495 e. The van der Waals surface area contributed by atoms with Gasteiger partial charge in [-0.25, -0.2) is 0 Å². The van der Waals surface area contributed by atoms with Gasteiger partial charge < -0.3 is 10.1 Å². The van der Waals surface area contributed by atoms with Crippen LogP contribution in [0.15, 0.2) is 58.4 Å². The SMILES string of the molecule is COc1ccc(NC(=O)[C@H](Sc2nncs2)c2ccccc2)cc1Cl. The molecule has 0 fully saturated rings. The summed E-state index contributed by atoms with van der Waals surface area (Å²) in [7, 11) is 1.55. The fourth-order valence-corrected chi connectivity index (χ4v) is 4.10. The summed E-state index contributed by atoms with van der Waals surface area (Å²) in [6.07, 6.45) is 0. The lowest BCUT2D eigenvalue weighted by Gasteiger charge is -2.16. The summed E-state index contributed by atoms with van der Waals surface area (Å²) in [5, 5.41) is 10.7. The second-order valence-corrected chi connectivity index (χ2v) is 7.54. The molecule has 1 heterocycles. The molecule has 0 aliphatic carbocycles. The Labute approximate surface area is 158 Å². The normalized spacial score (nSPS) is 11.8. The first-order valence-corrected chi connectivity index (χ1v) is 9.43. The number of carbonyl (C=O) groups is 1. The van der Waals surface area contributed by atoms with E-state index in [1.807, 2.05) is 30.3 Å². The highest BCUT2D eigenvalue weighted by Crippen LogP contribution is 2.37. The van der Waals surface area contributed by atoms with Crippen molar-refractivity contribution in [3.05, 3.63) is 64.6 Å². The van der Waals surface area contributed by atoms with Crippen LogP contribution in [0.5, 0.6) is 5.75 Å². The molecule has 1 N–H and O–H groups in total. The van der Waals surface area contributed by atoms with Crippen molar-refractivity contribution >= 4 is 46.3 Å². The molecule has 25 heavy (non-hydrogen) atoms. The molecule has 2 aromatic carbocycles. The van der Waals surface area contributed by atoms with Crippen LogP contribution in [0, 0.1) is 0 Å². The number of aromatic nitrogens is 2. The standard InChI is InChI=1S/C17H14ClN3O2S2/c1-23-14-8-7-12(9-13(14)18)20-16(22)15(11-5-3-2-4-6-11)25-17-21-19-10-24-17/h2-10,15H,1H3,(H,20,22)/t15-/m1/s1. The molecule has 0 saturated heterocycles. The lowest BCUT2D eigenvalue weighted by Crippen LogP contribution is -2.19. The summed E-state index contributed by atoms with van der Waals surface area (Å²) in [6.45, 7) is 0. The number of benzene rings is 2. The lowest BCUT2D eigenvalue weighted by atomic mass is 10.1. The Balaban J connectivity index is 1.82. The molecule has 0 spiro atoms. The second kappa shape index (κ2) is 8.33. The minimum absolute atomic E-state index is 0.160. The Morgan fingerprint density at radius 3 is 2.72 bits per heavy atom. The van der Waals surface area contributed by atoms with Gasteiger partial charge >= 0.3 is 0 Å². The first-order valence-electron chi connectivity index (χ1n) is 7.29. The van der Waals surface area contributed by atoms with Gasteiger partial charge in [0.1, 0.15) is 16.5 Å². The molecule has 128 valence electrons. The van der Waals surface area contributed by atoms with Crippen LogP contribution in [0.4, 0.5) is 5.69 Å². The molecule has 0 aliphatic rings. The number of nitrogens with zero attached hydrogens (tertiary/aromatic N) is 2. The zero-order chi connectivity index (χ0) is 17.6. The molecule has 0 unspecified atom stereocenters. The molecule has 3 aromatic rings. The fraction of sp³-hybridized carbons (Fsp3) is 0.118. The van der Waals surface area contributed by atoms with Gasteiger partial charge in [-0.15, -0.1) is 10.2 Å². The molecule has 0 saturated carbocycles. The number of thioether (sulfide) groups is 1. The Morgan fingerprint density at radius 2 is 2.08 bits per heavy atom. The number of anilines is 1. The predicted molar refractivity (Wildman–Crippen MR) is 102 cm³/mol. The molecule has 1 atom stereocenters. The van der Waals surface area contributed by atoms with E-state index in [1.54, 1.807) is 30.8 Å². The Kier molecular flexibility index (Phi) is 5.91. The van der Waals surface area contributed by atoms with Gasteiger partial charge in [-0.05, 0) is 23.8 Å². The summed E-state index contributed by atoms with van der Waals surface area (Å²) in [5.74, 6) is 0.398. The second-order valence-electron chi connectivity index (χ2n) is 4.95. The van der Waals surface area contributed by atoms with Crippen molar-refractivity contribution in [1.82, 2.24) is 10.2 Å². The smallest absolute Gasteiger partial charge is 0.242 e. The van der Waals surface area contributed by atoms with E-state index >= 15 is 0 Å². The van der Waals surface area contributed by atoms with Crippen LogP contribution in [0.2, 0.25) is 5.02 Å². The average Bonchev–Trinajstić information content (AvgIpc) is 3.14. The minimum Gasteiger partial charge on any atom is -0.495 e. The van der Waals surface area contributed by atoms with Gasteiger partial charge in [0, 0.05) is 5.69 Å². The van der Waals surface area contributed by atoms with E-state index in [-0.39, 0.29) is 5.91 Å². The van der Waals surface area contributed by atoms with Gasteiger partial charge in [0.2, 0.25) is 5.91 Å². The number of rotatable bonds is 6. The van der Waals surface area contributed by atoms with E-state index in [9.17, 15) is 4.79 Å². The predicted octanol–water partition coefficient (Wildman–Crippen LogP) is 4.67. The first kappa shape index (κ1) is 17.7. The van der Waals surface area contributed by atoms with Gasteiger partial charge in [0.15, 0.2) is 4.34 Å². The Morgan fingerprint density at radius 1 is 1.28 bits per heavy atom. The summed E-state index contributed by atoms with van der Waals surface area (Å²) in [4.78, 5) is 12.9. The molecular weight excluding hydrogens is 378 g/mol. The monoisotopic (exact) mass is 391 g/mol. The molecule has 3 rings (SSSR count). The molecule has 1 aromatic heterocycles. The molecule has 5 nitrogen and oxygen atoms in total. The third-order valence-electron chi connectivity index (χ3n) is 3.32. The molecule has 0 aliphatic heterocycles. The van der Waals surface area contributed by atoms with Gasteiger partial charge in [-0.1, -0.05) is 65.0 Å². The molecule has 0 radical (unpaired) electrons. The molecule has 0 bridgehead atoms. The lowest BCUT2D eigenvalue weighted by molar-refractivity contribution is -0.115. The highest BCUT2D eigenvalue weighted by atomic mass is 35.5. The Hall–Kier alpha value is -2.09. The molecular formula is C17H14ClN3O2S2. The number of nitrogens with one attached hydrogen (secondary N) is 1. The van der Waals surface area contributed by atoms with Crippen LogP contribution in [0.1, 0.15) is 10.8 Å². The van der Waals surface area contributed by atoms with E-state index in [0.29, 0.717) is 16.5 Å². The van der Waals surface area contributed by atoms with Gasteiger partial charge in [-0.2, -0.15) is 0 Å². The summed E-state index contributed by atoms with van der Waals surface area (Å²) < 4.78 is 5.86. The quantitative estimate of drug-likeness (QED) is 0.618. The van der Waals surface area contributed by atoms with Crippen LogP contribution in [0.3, 0.4) is 0 Å². The zero-order valence-corrected chi connectivity index (χ0v) is 15.6.